The van der Waals surface area contributed by atoms with Crippen molar-refractivity contribution in [1.29, 1.82) is 0 Å². The van der Waals surface area contributed by atoms with Gasteiger partial charge in [-0.3, -0.25) is 14.3 Å². The van der Waals surface area contributed by atoms with Crippen LogP contribution in [0.2, 0.25) is 5.04 Å². The maximum Gasteiger partial charge on any atom is 0.330 e. The molecule has 0 bridgehead atoms. The number of nitrogens with zero attached hydrogens (tertiary/aromatic N) is 1. The van der Waals surface area contributed by atoms with Gasteiger partial charge >= 0.3 is 5.69 Å². The number of aromatic amines is 1. The second-order valence-corrected chi connectivity index (χ2v) is 13.9. The Balaban J connectivity index is 1.68. The molecule has 1 aliphatic rings. The average Bonchev–Trinajstić information content (AvgIpc) is 3.09. The van der Waals surface area contributed by atoms with E-state index in [0.717, 1.165) is 27.2 Å². The summed E-state index contributed by atoms with van der Waals surface area (Å²) in [7, 11) is -2.92. The highest BCUT2D eigenvalue weighted by Crippen LogP contribution is 2.43. The minimum absolute atomic E-state index is 0.0581. The van der Waals surface area contributed by atoms with Crippen LogP contribution in [-0.2, 0) is 9.16 Å². The lowest BCUT2D eigenvalue weighted by molar-refractivity contribution is -0.119. The molecule has 1 aliphatic heterocycles. The summed E-state index contributed by atoms with van der Waals surface area (Å²) >= 11 is 0. The molecule has 9 heteroatoms. The summed E-state index contributed by atoms with van der Waals surface area (Å²) < 4.78 is 42.9. The average molecular weight is 487 g/mol. The Hall–Kier alpha value is -2.88. The van der Waals surface area contributed by atoms with Gasteiger partial charge in [-0.25, -0.2) is 13.6 Å². The van der Waals surface area contributed by atoms with Crippen LogP contribution in [0.4, 0.5) is 8.78 Å². The van der Waals surface area contributed by atoms with Gasteiger partial charge in [0, 0.05) is 18.7 Å². The topological polar surface area (TPSA) is 73.3 Å². The zero-order valence-electron chi connectivity index (χ0n) is 19.3. The highest BCUT2D eigenvalue weighted by Gasteiger charge is 2.54. The van der Waals surface area contributed by atoms with Crippen LogP contribution in [0.15, 0.2) is 82.5 Å². The molecule has 4 rings (SSSR count). The van der Waals surface area contributed by atoms with Gasteiger partial charge in [0.15, 0.2) is 0 Å². The lowest BCUT2D eigenvalue weighted by atomic mass is 10.2. The molecule has 1 N–H and O–H groups in total. The molecule has 1 aromatic heterocycles. The summed E-state index contributed by atoms with van der Waals surface area (Å²) in [5, 5.41) is 1.75. The molecular formula is C25H28F2N2O4Si. The third-order valence-electron chi connectivity index (χ3n) is 6.19. The number of alkyl halides is 2. The maximum absolute atomic E-state index is 14.9. The first-order valence-corrected chi connectivity index (χ1v) is 13.1. The Bertz CT molecular complexity index is 1200. The number of halogens is 2. The number of ether oxygens (including phenoxy) is 1. The first kappa shape index (κ1) is 24.2. The SMILES string of the molecule is CC(C)(C)[Si](OC[C@@H]1CC(F)(F)[C@H](n2ccc(=O)[nH]c2=O)O1)(c1ccccc1)c1ccccc1. The molecule has 34 heavy (non-hydrogen) atoms. The third kappa shape index (κ3) is 4.43. The molecule has 0 amide bonds. The molecule has 2 atom stereocenters. The molecule has 6 nitrogen and oxygen atoms in total. The van der Waals surface area contributed by atoms with Gasteiger partial charge in [-0.15, -0.1) is 0 Å². The van der Waals surface area contributed by atoms with Crippen molar-refractivity contribution in [2.45, 2.75) is 50.5 Å². The van der Waals surface area contributed by atoms with Crippen LogP contribution >= 0.6 is 0 Å². The first-order chi connectivity index (χ1) is 16.0. The lowest BCUT2D eigenvalue weighted by Gasteiger charge is -2.43. The van der Waals surface area contributed by atoms with E-state index in [-0.39, 0.29) is 11.6 Å². The lowest BCUT2D eigenvalue weighted by Crippen LogP contribution is -2.67. The fraction of sp³-hybridized carbons (Fsp3) is 0.360. The van der Waals surface area contributed by atoms with Crippen LogP contribution in [0, 0.1) is 0 Å². The van der Waals surface area contributed by atoms with E-state index in [1.165, 1.54) is 0 Å². The molecule has 2 aromatic carbocycles. The van der Waals surface area contributed by atoms with E-state index in [2.05, 4.69) is 20.8 Å². The predicted molar refractivity (Wildman–Crippen MR) is 128 cm³/mol. The van der Waals surface area contributed by atoms with Gasteiger partial charge < -0.3 is 9.16 Å². The highest BCUT2D eigenvalue weighted by atomic mass is 28.4. The van der Waals surface area contributed by atoms with Crippen LogP contribution in [0.5, 0.6) is 0 Å². The van der Waals surface area contributed by atoms with Crippen molar-refractivity contribution in [3.63, 3.8) is 0 Å². The molecule has 0 spiro atoms. The fourth-order valence-electron chi connectivity index (χ4n) is 4.69. The van der Waals surface area contributed by atoms with Crippen molar-refractivity contribution in [2.75, 3.05) is 6.61 Å². The molecule has 2 heterocycles. The Kier molecular flexibility index (Phi) is 6.45. The van der Waals surface area contributed by atoms with Gasteiger partial charge in [0.1, 0.15) is 0 Å². The van der Waals surface area contributed by atoms with Gasteiger partial charge in [0.25, 0.3) is 19.8 Å². The van der Waals surface area contributed by atoms with E-state index in [9.17, 15) is 18.4 Å². The molecule has 0 saturated carbocycles. The summed E-state index contributed by atoms with van der Waals surface area (Å²) in [5.74, 6) is -3.30. The summed E-state index contributed by atoms with van der Waals surface area (Å²) in [5.41, 5.74) is -1.60. The Morgan fingerprint density at radius 1 is 1.03 bits per heavy atom. The first-order valence-electron chi connectivity index (χ1n) is 11.1. The van der Waals surface area contributed by atoms with Crippen molar-refractivity contribution in [2.24, 2.45) is 0 Å². The van der Waals surface area contributed by atoms with Gasteiger partial charge in [0.2, 0.25) is 6.23 Å². The maximum atomic E-state index is 14.9. The number of benzene rings is 2. The van der Waals surface area contributed by atoms with Gasteiger partial charge in [-0.1, -0.05) is 81.4 Å². The monoisotopic (exact) mass is 486 g/mol. The number of nitrogens with one attached hydrogen (secondary N) is 1. The third-order valence-corrected chi connectivity index (χ3v) is 11.2. The van der Waals surface area contributed by atoms with Crippen molar-refractivity contribution < 1.29 is 17.9 Å². The van der Waals surface area contributed by atoms with E-state index in [1.54, 1.807) is 0 Å². The minimum Gasteiger partial charge on any atom is -0.405 e. The molecular weight excluding hydrogens is 458 g/mol. The Morgan fingerprint density at radius 2 is 1.59 bits per heavy atom. The highest BCUT2D eigenvalue weighted by molar-refractivity contribution is 6.99. The molecule has 180 valence electrons. The second-order valence-electron chi connectivity index (χ2n) is 9.57. The predicted octanol–water partition coefficient (Wildman–Crippen LogP) is 3.04. The van der Waals surface area contributed by atoms with E-state index in [1.807, 2.05) is 65.6 Å². The van der Waals surface area contributed by atoms with E-state index in [4.69, 9.17) is 9.16 Å². The van der Waals surface area contributed by atoms with Crippen LogP contribution in [-0.4, -0.2) is 36.5 Å². The van der Waals surface area contributed by atoms with E-state index >= 15 is 0 Å². The number of hydrogen-bond donors (Lipinski definition) is 1. The van der Waals surface area contributed by atoms with Crippen LogP contribution in [0.25, 0.3) is 0 Å². The quantitative estimate of drug-likeness (QED) is 0.544. The van der Waals surface area contributed by atoms with E-state index in [0.29, 0.717) is 0 Å². The van der Waals surface area contributed by atoms with Gasteiger partial charge in [-0.2, -0.15) is 0 Å². The van der Waals surface area contributed by atoms with Crippen LogP contribution < -0.4 is 21.6 Å². The fourth-order valence-corrected chi connectivity index (χ4v) is 9.28. The largest absolute Gasteiger partial charge is 0.405 e. The Labute approximate surface area is 197 Å². The normalized spacial score (nSPS) is 20.4. The minimum atomic E-state index is -3.30. The van der Waals surface area contributed by atoms with Crippen LogP contribution in [0.1, 0.15) is 33.4 Å². The van der Waals surface area contributed by atoms with Crippen molar-refractivity contribution in [3.05, 3.63) is 93.8 Å². The molecule has 1 saturated heterocycles. The molecule has 0 radical (unpaired) electrons. The molecule has 0 unspecified atom stereocenters. The van der Waals surface area contributed by atoms with Crippen molar-refractivity contribution in [3.8, 4) is 0 Å². The number of aromatic nitrogens is 2. The summed E-state index contributed by atoms with van der Waals surface area (Å²) in [6.07, 6.45) is -2.31. The van der Waals surface area contributed by atoms with Gasteiger partial charge in [-0.05, 0) is 15.4 Å². The van der Waals surface area contributed by atoms with Crippen molar-refractivity contribution in [1.82, 2.24) is 9.55 Å². The summed E-state index contributed by atoms with van der Waals surface area (Å²) in [6.45, 7) is 6.25. The number of hydrogen-bond acceptors (Lipinski definition) is 4. The summed E-state index contributed by atoms with van der Waals surface area (Å²) in [4.78, 5) is 25.5. The van der Waals surface area contributed by atoms with Crippen molar-refractivity contribution >= 4 is 18.7 Å². The standard InChI is InChI=1S/C25H28F2N2O4Si/c1-24(2,3)34(19-10-6-4-7-11-19,20-12-8-5-9-13-20)32-17-18-16-25(26,27)22(33-18)29-15-14-21(30)28-23(29)31/h4-15,18,22H,16-17H2,1-3H3,(H,28,30,31)/t18-,22+/m0/s1. The van der Waals surface area contributed by atoms with E-state index < -0.39 is 44.2 Å². The zero-order valence-corrected chi connectivity index (χ0v) is 20.3. The molecule has 1 fully saturated rings. The second kappa shape index (κ2) is 9.05. The summed E-state index contributed by atoms with van der Waals surface area (Å²) in [6, 6.07) is 20.8. The molecule has 0 aliphatic carbocycles. The Morgan fingerprint density at radius 3 is 2.09 bits per heavy atom. The van der Waals surface area contributed by atoms with Gasteiger partial charge in [0.05, 0.1) is 12.7 Å². The van der Waals surface area contributed by atoms with Crippen LogP contribution in [0.3, 0.4) is 0 Å². The number of H-pyrrole nitrogens is 1. The molecule has 3 aromatic rings. The number of rotatable bonds is 6. The smallest absolute Gasteiger partial charge is 0.330 e. The zero-order chi connectivity index (χ0) is 24.6.